The standard InChI is InChI=1S/C18H17N3O4S/c1-10(17(23)15-8-7-12(26-15)9-19-11(2)22)25-18(24)16-13-5-3-4-6-14(13)20-21-16/h3-8,10H,9H2,1-2H3,(H,19,22)(H,20,21)/t10-/m1/s1. The molecule has 8 heteroatoms. The van der Waals surface area contributed by atoms with Gasteiger partial charge in [0.2, 0.25) is 11.7 Å². The van der Waals surface area contributed by atoms with Crippen LogP contribution in [0.5, 0.6) is 0 Å². The van der Waals surface area contributed by atoms with Gasteiger partial charge in [0.1, 0.15) is 0 Å². The van der Waals surface area contributed by atoms with Crippen LogP contribution in [0.2, 0.25) is 0 Å². The number of H-pyrrole nitrogens is 1. The number of ketones is 1. The molecule has 2 aromatic heterocycles. The summed E-state index contributed by atoms with van der Waals surface area (Å²) in [6, 6.07) is 10.6. The van der Waals surface area contributed by atoms with Gasteiger partial charge in [-0.15, -0.1) is 11.3 Å². The van der Waals surface area contributed by atoms with Gasteiger partial charge in [-0.2, -0.15) is 5.10 Å². The Hall–Kier alpha value is -3.00. The highest BCUT2D eigenvalue weighted by Crippen LogP contribution is 2.21. The number of aromatic nitrogens is 2. The van der Waals surface area contributed by atoms with Gasteiger partial charge in [-0.1, -0.05) is 18.2 Å². The lowest BCUT2D eigenvalue weighted by Gasteiger charge is -2.10. The van der Waals surface area contributed by atoms with E-state index in [9.17, 15) is 14.4 Å². The van der Waals surface area contributed by atoms with E-state index in [0.717, 1.165) is 10.4 Å². The number of nitrogens with one attached hydrogen (secondary N) is 2. The lowest BCUT2D eigenvalue weighted by Crippen LogP contribution is -2.24. The summed E-state index contributed by atoms with van der Waals surface area (Å²) in [5.74, 6) is -1.09. The number of carbonyl (C=O) groups excluding carboxylic acids is 3. The van der Waals surface area contributed by atoms with E-state index in [1.807, 2.05) is 6.07 Å². The highest BCUT2D eigenvalue weighted by Gasteiger charge is 2.24. The molecule has 2 N–H and O–H groups in total. The first kappa shape index (κ1) is 17.8. The van der Waals surface area contributed by atoms with Crippen LogP contribution in [0.4, 0.5) is 0 Å². The average molecular weight is 371 g/mol. The van der Waals surface area contributed by atoms with Crippen molar-refractivity contribution < 1.29 is 19.1 Å². The van der Waals surface area contributed by atoms with Crippen LogP contribution in [0.25, 0.3) is 10.9 Å². The predicted octanol–water partition coefficient (Wildman–Crippen LogP) is 2.69. The Morgan fingerprint density at radius 1 is 1.23 bits per heavy atom. The fourth-order valence-electron chi connectivity index (χ4n) is 2.41. The van der Waals surface area contributed by atoms with Crippen molar-refractivity contribution in [1.29, 1.82) is 0 Å². The van der Waals surface area contributed by atoms with Crippen LogP contribution in [-0.2, 0) is 16.1 Å². The quantitative estimate of drug-likeness (QED) is 0.512. The molecular weight excluding hydrogens is 354 g/mol. The minimum Gasteiger partial charge on any atom is -0.449 e. The van der Waals surface area contributed by atoms with Crippen LogP contribution in [0, 0.1) is 0 Å². The summed E-state index contributed by atoms with van der Waals surface area (Å²) in [5, 5.41) is 10.1. The SMILES string of the molecule is CC(=O)NCc1ccc(C(=O)[C@@H](C)OC(=O)c2n[nH]c3ccccc23)s1. The summed E-state index contributed by atoms with van der Waals surface area (Å²) in [7, 11) is 0. The summed E-state index contributed by atoms with van der Waals surface area (Å²) in [4.78, 5) is 37.1. The summed E-state index contributed by atoms with van der Waals surface area (Å²) in [5.41, 5.74) is 0.872. The molecule has 1 aromatic carbocycles. The van der Waals surface area contributed by atoms with Crippen LogP contribution in [0.3, 0.4) is 0 Å². The molecule has 0 aliphatic carbocycles. The molecule has 134 valence electrons. The number of aromatic amines is 1. The molecular formula is C18H17N3O4S. The second-order valence-electron chi connectivity index (χ2n) is 5.71. The highest BCUT2D eigenvalue weighted by molar-refractivity contribution is 7.14. The molecule has 0 unspecified atom stereocenters. The van der Waals surface area contributed by atoms with Crippen molar-refractivity contribution in [3.05, 3.63) is 51.8 Å². The fourth-order valence-corrected chi connectivity index (χ4v) is 3.37. The Bertz CT molecular complexity index is 976. The highest BCUT2D eigenvalue weighted by atomic mass is 32.1. The number of fused-ring (bicyclic) bond motifs is 1. The van der Waals surface area contributed by atoms with E-state index in [2.05, 4.69) is 15.5 Å². The van der Waals surface area contributed by atoms with Gasteiger partial charge in [0.25, 0.3) is 0 Å². The molecule has 0 saturated carbocycles. The lowest BCUT2D eigenvalue weighted by atomic mass is 10.2. The fraction of sp³-hybridized carbons (Fsp3) is 0.222. The molecule has 7 nitrogen and oxygen atoms in total. The maximum absolute atomic E-state index is 12.5. The van der Waals surface area contributed by atoms with Gasteiger partial charge in [0.05, 0.1) is 16.9 Å². The molecule has 0 bridgehead atoms. The van der Waals surface area contributed by atoms with Crippen LogP contribution >= 0.6 is 11.3 Å². The van der Waals surface area contributed by atoms with E-state index >= 15 is 0 Å². The number of esters is 1. The second-order valence-corrected chi connectivity index (χ2v) is 6.87. The third-order valence-corrected chi connectivity index (χ3v) is 4.83. The Balaban J connectivity index is 1.67. The summed E-state index contributed by atoms with van der Waals surface area (Å²) in [6.45, 7) is 3.32. The molecule has 1 atom stereocenters. The Morgan fingerprint density at radius 3 is 2.77 bits per heavy atom. The van der Waals surface area contributed by atoms with Crippen LogP contribution in [0.1, 0.15) is 38.9 Å². The number of thiophene rings is 1. The largest absolute Gasteiger partial charge is 0.449 e. The lowest BCUT2D eigenvalue weighted by molar-refractivity contribution is -0.119. The van der Waals surface area contributed by atoms with Crippen molar-refractivity contribution in [2.45, 2.75) is 26.5 Å². The van der Waals surface area contributed by atoms with E-state index in [4.69, 9.17) is 4.74 Å². The number of hydrogen-bond acceptors (Lipinski definition) is 6. The first-order chi connectivity index (χ1) is 12.5. The number of carbonyl (C=O) groups is 3. The molecule has 3 rings (SSSR count). The zero-order valence-corrected chi connectivity index (χ0v) is 15.1. The maximum Gasteiger partial charge on any atom is 0.360 e. The van der Waals surface area contributed by atoms with E-state index < -0.39 is 12.1 Å². The van der Waals surface area contributed by atoms with Crippen molar-refractivity contribution in [3.63, 3.8) is 0 Å². The van der Waals surface area contributed by atoms with Crippen molar-refractivity contribution in [1.82, 2.24) is 15.5 Å². The first-order valence-corrected chi connectivity index (χ1v) is 8.79. The second kappa shape index (κ2) is 7.49. The normalized spacial score (nSPS) is 11.9. The Labute approximate surface area is 153 Å². The van der Waals surface area contributed by atoms with Gasteiger partial charge < -0.3 is 10.1 Å². The number of Topliss-reactive ketones (excluding diaryl/α,β-unsaturated/α-hetero) is 1. The smallest absolute Gasteiger partial charge is 0.360 e. The number of hydrogen-bond donors (Lipinski definition) is 2. The van der Waals surface area contributed by atoms with Gasteiger partial charge in [-0.05, 0) is 25.1 Å². The van der Waals surface area contributed by atoms with Crippen LogP contribution in [0.15, 0.2) is 36.4 Å². The molecule has 0 aliphatic heterocycles. The molecule has 0 saturated heterocycles. The molecule has 0 fully saturated rings. The molecule has 0 aliphatic rings. The third kappa shape index (κ3) is 3.80. The van der Waals surface area contributed by atoms with Gasteiger partial charge in [0, 0.05) is 17.2 Å². The Morgan fingerprint density at radius 2 is 2.00 bits per heavy atom. The number of para-hydroxylation sites is 1. The van der Waals surface area contributed by atoms with Crippen molar-refractivity contribution >= 4 is 39.9 Å². The van der Waals surface area contributed by atoms with Crippen LogP contribution < -0.4 is 5.32 Å². The monoisotopic (exact) mass is 371 g/mol. The number of rotatable bonds is 6. The van der Waals surface area contributed by atoms with Gasteiger partial charge in [-0.25, -0.2) is 4.79 Å². The molecule has 2 heterocycles. The summed E-state index contributed by atoms with van der Waals surface area (Å²) >= 11 is 1.26. The van der Waals surface area contributed by atoms with Gasteiger partial charge >= 0.3 is 5.97 Å². The van der Waals surface area contributed by atoms with E-state index in [0.29, 0.717) is 16.8 Å². The van der Waals surface area contributed by atoms with Gasteiger partial charge in [0.15, 0.2) is 11.8 Å². The number of amides is 1. The third-order valence-electron chi connectivity index (χ3n) is 3.73. The topological polar surface area (TPSA) is 101 Å². The van der Waals surface area contributed by atoms with E-state index in [1.165, 1.54) is 25.2 Å². The van der Waals surface area contributed by atoms with Crippen molar-refractivity contribution in [2.24, 2.45) is 0 Å². The minimum atomic E-state index is -0.940. The maximum atomic E-state index is 12.5. The van der Waals surface area contributed by atoms with E-state index in [-0.39, 0.29) is 17.4 Å². The van der Waals surface area contributed by atoms with Gasteiger partial charge in [-0.3, -0.25) is 14.7 Å². The Kier molecular flexibility index (Phi) is 5.13. The average Bonchev–Trinajstić information content (AvgIpc) is 3.26. The molecule has 0 radical (unpaired) electrons. The van der Waals surface area contributed by atoms with Crippen molar-refractivity contribution in [2.75, 3.05) is 0 Å². The summed E-state index contributed by atoms with van der Waals surface area (Å²) < 4.78 is 5.29. The summed E-state index contributed by atoms with van der Waals surface area (Å²) in [6.07, 6.45) is -0.940. The first-order valence-electron chi connectivity index (χ1n) is 7.97. The number of ether oxygens (including phenoxy) is 1. The molecule has 1 amide bonds. The zero-order valence-electron chi connectivity index (χ0n) is 14.2. The number of benzene rings is 1. The predicted molar refractivity (Wildman–Crippen MR) is 97.1 cm³/mol. The molecule has 26 heavy (non-hydrogen) atoms. The zero-order chi connectivity index (χ0) is 18.7. The van der Waals surface area contributed by atoms with Crippen molar-refractivity contribution in [3.8, 4) is 0 Å². The molecule has 3 aromatic rings. The van der Waals surface area contributed by atoms with Crippen LogP contribution in [-0.4, -0.2) is 34.0 Å². The minimum absolute atomic E-state index is 0.139. The van der Waals surface area contributed by atoms with E-state index in [1.54, 1.807) is 30.3 Å². The number of nitrogens with zero attached hydrogens (tertiary/aromatic N) is 1. The molecule has 0 spiro atoms.